The number of thiazole rings is 1. The summed E-state index contributed by atoms with van der Waals surface area (Å²) in [6, 6.07) is 8.33. The number of amides is 1. The second-order valence-corrected chi connectivity index (χ2v) is 6.62. The van der Waals surface area contributed by atoms with Crippen molar-refractivity contribution in [3.05, 3.63) is 58.4 Å². The van der Waals surface area contributed by atoms with Crippen LogP contribution in [-0.4, -0.2) is 30.8 Å². The third-order valence-electron chi connectivity index (χ3n) is 3.91. The van der Waals surface area contributed by atoms with Crippen LogP contribution in [0.2, 0.25) is 0 Å². The van der Waals surface area contributed by atoms with E-state index in [4.69, 9.17) is 9.47 Å². The van der Waals surface area contributed by atoms with Crippen molar-refractivity contribution < 1.29 is 23.0 Å². The Morgan fingerprint density at radius 2 is 2.04 bits per heavy atom. The Labute approximate surface area is 158 Å². The Morgan fingerprint density at radius 1 is 1.22 bits per heavy atom. The first-order valence-electron chi connectivity index (χ1n) is 8.32. The van der Waals surface area contributed by atoms with Gasteiger partial charge in [0.05, 0.1) is 29.5 Å². The molecule has 0 unspecified atom stereocenters. The Balaban J connectivity index is 2.08. The lowest BCUT2D eigenvalue weighted by atomic mass is 10.2. The molecule has 0 N–H and O–H groups in total. The lowest BCUT2D eigenvalue weighted by Gasteiger charge is -2.06. The number of carbonyl (C=O) groups is 1. The maximum absolute atomic E-state index is 13.9. The van der Waals surface area contributed by atoms with Gasteiger partial charge in [0.1, 0.15) is 17.4 Å². The normalized spacial score (nSPS) is 11.9. The molecule has 0 fully saturated rings. The molecule has 8 heteroatoms. The second kappa shape index (κ2) is 8.41. The van der Waals surface area contributed by atoms with Crippen LogP contribution in [-0.2, 0) is 11.3 Å². The van der Waals surface area contributed by atoms with E-state index < -0.39 is 17.5 Å². The third-order valence-corrected chi connectivity index (χ3v) is 4.95. The summed E-state index contributed by atoms with van der Waals surface area (Å²) in [5, 5.41) is 0. The van der Waals surface area contributed by atoms with Gasteiger partial charge in [0.25, 0.3) is 5.91 Å². The van der Waals surface area contributed by atoms with Gasteiger partial charge >= 0.3 is 0 Å². The average molecular weight is 392 g/mol. The topological polar surface area (TPSA) is 52.8 Å². The summed E-state index contributed by atoms with van der Waals surface area (Å²) < 4.78 is 40.3. The highest BCUT2D eigenvalue weighted by molar-refractivity contribution is 7.16. The van der Waals surface area contributed by atoms with Gasteiger partial charge in [-0.1, -0.05) is 11.3 Å². The number of methoxy groups -OCH3 is 1. The van der Waals surface area contributed by atoms with Crippen LogP contribution in [0, 0.1) is 11.6 Å². The van der Waals surface area contributed by atoms with Gasteiger partial charge in [-0.3, -0.25) is 4.79 Å². The van der Waals surface area contributed by atoms with Gasteiger partial charge in [0.2, 0.25) is 0 Å². The van der Waals surface area contributed by atoms with Crippen LogP contribution in [0.1, 0.15) is 17.3 Å². The number of halogens is 2. The first-order valence-corrected chi connectivity index (χ1v) is 9.14. The van der Waals surface area contributed by atoms with E-state index in [2.05, 4.69) is 4.99 Å². The first kappa shape index (κ1) is 19.2. The molecule has 0 aliphatic rings. The average Bonchev–Trinajstić information content (AvgIpc) is 2.98. The summed E-state index contributed by atoms with van der Waals surface area (Å²) in [6.45, 7) is 3.40. The molecule has 1 heterocycles. The summed E-state index contributed by atoms with van der Waals surface area (Å²) in [4.78, 5) is 16.9. The highest BCUT2D eigenvalue weighted by Gasteiger charge is 2.14. The fraction of sp³-hybridized carbons (Fsp3) is 0.263. The number of fused-ring (bicyclic) bond motifs is 1. The van der Waals surface area contributed by atoms with Crippen LogP contribution in [0.5, 0.6) is 5.75 Å². The Morgan fingerprint density at radius 3 is 2.74 bits per heavy atom. The molecule has 0 aliphatic carbocycles. The van der Waals surface area contributed by atoms with Gasteiger partial charge in [0.15, 0.2) is 4.80 Å². The molecular formula is C19H18F2N2O3S. The second-order valence-electron chi connectivity index (χ2n) is 5.61. The van der Waals surface area contributed by atoms with Crippen molar-refractivity contribution in [3.8, 4) is 5.75 Å². The molecule has 0 bridgehead atoms. The van der Waals surface area contributed by atoms with E-state index in [-0.39, 0.29) is 5.56 Å². The predicted octanol–water partition coefficient (Wildman–Crippen LogP) is 3.77. The lowest BCUT2D eigenvalue weighted by Crippen LogP contribution is -2.20. The van der Waals surface area contributed by atoms with E-state index in [1.807, 2.05) is 29.7 Å². The Kier molecular flexibility index (Phi) is 5.98. The fourth-order valence-electron chi connectivity index (χ4n) is 2.59. The van der Waals surface area contributed by atoms with Gasteiger partial charge in [-0.05, 0) is 37.3 Å². The zero-order chi connectivity index (χ0) is 19.4. The van der Waals surface area contributed by atoms with Crippen molar-refractivity contribution in [1.82, 2.24) is 4.57 Å². The maximum atomic E-state index is 13.9. The van der Waals surface area contributed by atoms with Gasteiger partial charge in [-0.25, -0.2) is 8.78 Å². The molecule has 0 aliphatic heterocycles. The van der Waals surface area contributed by atoms with Crippen LogP contribution < -0.4 is 9.54 Å². The van der Waals surface area contributed by atoms with Crippen LogP contribution in [0.4, 0.5) is 8.78 Å². The molecule has 0 saturated carbocycles. The number of hydrogen-bond acceptors (Lipinski definition) is 4. The number of aromatic nitrogens is 1. The van der Waals surface area contributed by atoms with Crippen LogP contribution in [0.3, 0.4) is 0 Å². The molecule has 0 saturated heterocycles. The van der Waals surface area contributed by atoms with Crippen molar-refractivity contribution in [2.75, 3.05) is 20.3 Å². The number of carbonyl (C=O) groups excluding carboxylic acids is 1. The highest BCUT2D eigenvalue weighted by Crippen LogP contribution is 2.23. The van der Waals surface area contributed by atoms with Crippen molar-refractivity contribution in [3.63, 3.8) is 0 Å². The maximum Gasteiger partial charge on any atom is 0.282 e. The molecule has 142 valence electrons. The molecule has 0 atom stereocenters. The van der Waals surface area contributed by atoms with Crippen molar-refractivity contribution in [2.45, 2.75) is 13.5 Å². The number of nitrogens with zero attached hydrogens (tertiary/aromatic N) is 2. The molecule has 3 aromatic rings. The van der Waals surface area contributed by atoms with Crippen molar-refractivity contribution in [2.24, 2.45) is 4.99 Å². The summed E-state index contributed by atoms with van der Waals surface area (Å²) in [5.41, 5.74) is 0.592. The number of rotatable bonds is 6. The number of benzene rings is 2. The first-order chi connectivity index (χ1) is 13.0. The standard InChI is InChI=1S/C19H18F2N2O3S/c1-3-26-9-8-23-16-7-5-13(25-2)11-17(16)27-19(23)22-18(24)14-6-4-12(20)10-15(14)21/h4-7,10-11H,3,8-9H2,1-2H3. The molecule has 3 rings (SSSR count). The van der Waals surface area contributed by atoms with E-state index in [1.165, 1.54) is 11.3 Å². The molecule has 0 radical (unpaired) electrons. The summed E-state index contributed by atoms with van der Waals surface area (Å²) in [5.74, 6) is -1.77. The minimum atomic E-state index is -0.938. The summed E-state index contributed by atoms with van der Waals surface area (Å²) >= 11 is 1.29. The fourth-order valence-corrected chi connectivity index (χ4v) is 3.68. The SMILES string of the molecule is CCOCCn1c(=NC(=O)c2ccc(F)cc2F)sc2cc(OC)ccc21. The van der Waals surface area contributed by atoms with Crippen LogP contribution in [0.25, 0.3) is 10.2 Å². The molecule has 1 amide bonds. The molecule has 27 heavy (non-hydrogen) atoms. The minimum Gasteiger partial charge on any atom is -0.497 e. The zero-order valence-corrected chi connectivity index (χ0v) is 15.7. The van der Waals surface area contributed by atoms with Crippen molar-refractivity contribution in [1.29, 1.82) is 0 Å². The smallest absolute Gasteiger partial charge is 0.282 e. The summed E-state index contributed by atoms with van der Waals surface area (Å²) in [6.07, 6.45) is 0. The summed E-state index contributed by atoms with van der Waals surface area (Å²) in [7, 11) is 1.57. The van der Waals surface area contributed by atoms with E-state index in [9.17, 15) is 13.6 Å². The van der Waals surface area contributed by atoms with Gasteiger partial charge < -0.3 is 14.0 Å². The van der Waals surface area contributed by atoms with E-state index >= 15 is 0 Å². The Hall–Kier alpha value is -2.58. The number of ether oxygens (including phenoxy) is 2. The monoisotopic (exact) mass is 392 g/mol. The van der Waals surface area contributed by atoms with E-state index in [0.717, 1.165) is 22.3 Å². The van der Waals surface area contributed by atoms with E-state index in [1.54, 1.807) is 7.11 Å². The van der Waals surface area contributed by atoms with Gasteiger partial charge in [0, 0.05) is 19.2 Å². The van der Waals surface area contributed by atoms with Gasteiger partial charge in [-0.2, -0.15) is 4.99 Å². The molecule has 5 nitrogen and oxygen atoms in total. The molecule has 1 aromatic heterocycles. The Bertz CT molecular complexity index is 1040. The molecule has 0 spiro atoms. The minimum absolute atomic E-state index is 0.275. The number of hydrogen-bond donors (Lipinski definition) is 0. The van der Waals surface area contributed by atoms with Crippen molar-refractivity contribution >= 4 is 27.5 Å². The zero-order valence-electron chi connectivity index (χ0n) is 14.9. The third kappa shape index (κ3) is 4.23. The largest absolute Gasteiger partial charge is 0.497 e. The quantitative estimate of drug-likeness (QED) is 0.600. The molecule has 2 aromatic carbocycles. The highest BCUT2D eigenvalue weighted by atomic mass is 32.1. The predicted molar refractivity (Wildman–Crippen MR) is 99.1 cm³/mol. The van der Waals surface area contributed by atoms with Gasteiger partial charge in [-0.15, -0.1) is 0 Å². The molecular weight excluding hydrogens is 374 g/mol. The van der Waals surface area contributed by atoms with E-state index in [0.29, 0.717) is 36.4 Å². The lowest BCUT2D eigenvalue weighted by molar-refractivity contribution is 0.0992. The van der Waals surface area contributed by atoms with Crippen LogP contribution >= 0.6 is 11.3 Å². The van der Waals surface area contributed by atoms with Crippen LogP contribution in [0.15, 0.2) is 41.4 Å².